The Hall–Kier alpha value is -2.33. The van der Waals surface area contributed by atoms with E-state index in [0.29, 0.717) is 24.4 Å². The molecule has 0 aliphatic carbocycles. The summed E-state index contributed by atoms with van der Waals surface area (Å²) in [6.45, 7) is 4.24. The van der Waals surface area contributed by atoms with Crippen molar-refractivity contribution < 1.29 is 19.1 Å². The van der Waals surface area contributed by atoms with Crippen LogP contribution >= 0.6 is 23.1 Å². The number of thioether (sulfide) groups is 1. The van der Waals surface area contributed by atoms with Gasteiger partial charge < -0.3 is 20.4 Å². The Balaban J connectivity index is 2.13. The predicted octanol–water partition coefficient (Wildman–Crippen LogP) is 1.60. The highest BCUT2D eigenvalue weighted by Crippen LogP contribution is 2.27. The lowest BCUT2D eigenvalue weighted by Gasteiger charge is -2.11. The summed E-state index contributed by atoms with van der Waals surface area (Å²) in [5, 5.41) is 5.64. The first-order valence-corrected chi connectivity index (χ1v) is 10.7. The summed E-state index contributed by atoms with van der Waals surface area (Å²) >= 11 is 3.03. The lowest BCUT2D eigenvalue weighted by Crippen LogP contribution is -2.25. The first kappa shape index (κ1) is 22.0. The Labute approximate surface area is 171 Å². The average Bonchev–Trinajstić information content (AvgIpc) is 3.23. The van der Waals surface area contributed by atoms with Crippen LogP contribution in [0.15, 0.2) is 11.4 Å². The van der Waals surface area contributed by atoms with Crippen molar-refractivity contribution >= 4 is 40.9 Å². The van der Waals surface area contributed by atoms with E-state index in [1.807, 2.05) is 16.9 Å². The average molecular weight is 425 g/mol. The molecular weight excluding hydrogens is 400 g/mol. The predicted molar refractivity (Wildman–Crippen MR) is 111 cm³/mol. The number of nitrogens with one attached hydrogen (secondary N) is 1. The molecule has 8 nitrogen and oxygen atoms in total. The van der Waals surface area contributed by atoms with Crippen molar-refractivity contribution in [2.24, 2.45) is 5.73 Å². The second kappa shape index (κ2) is 10.3. The van der Waals surface area contributed by atoms with Gasteiger partial charge in [-0.25, -0.2) is 4.98 Å². The molecule has 0 aromatic carbocycles. The molecule has 2 rings (SSSR count). The number of carbonyl (C=O) groups excluding carboxylic acids is 3. The monoisotopic (exact) mass is 424 g/mol. The molecule has 28 heavy (non-hydrogen) atoms. The first-order chi connectivity index (χ1) is 13.3. The van der Waals surface area contributed by atoms with Gasteiger partial charge in [-0.2, -0.15) is 0 Å². The van der Waals surface area contributed by atoms with E-state index in [1.165, 1.54) is 37.1 Å². The van der Waals surface area contributed by atoms with E-state index < -0.39 is 5.91 Å². The fourth-order valence-electron chi connectivity index (χ4n) is 2.66. The zero-order valence-corrected chi connectivity index (χ0v) is 17.7. The molecule has 0 bridgehead atoms. The van der Waals surface area contributed by atoms with E-state index in [0.717, 1.165) is 34.3 Å². The number of primary amides is 1. The minimum atomic E-state index is -0.494. The van der Waals surface area contributed by atoms with Gasteiger partial charge in [-0.1, -0.05) is 0 Å². The van der Waals surface area contributed by atoms with Gasteiger partial charge in [0.2, 0.25) is 5.91 Å². The molecule has 152 valence electrons. The maximum absolute atomic E-state index is 11.7. The molecule has 3 N–H and O–H groups in total. The number of rotatable bonds is 10. The number of amides is 2. The number of nitrogens with zero attached hydrogens (tertiary/aromatic N) is 2. The second-order valence-corrected chi connectivity index (χ2v) is 8.08. The Morgan fingerprint density at radius 3 is 2.79 bits per heavy atom. The number of esters is 1. The number of carbonyl (C=O) groups is 3. The molecule has 2 aromatic heterocycles. The molecule has 0 aliphatic heterocycles. The number of nitrogens with two attached hydrogens (primary N) is 1. The quantitative estimate of drug-likeness (QED) is 0.442. The number of hydrogen-bond donors (Lipinski definition) is 2. The summed E-state index contributed by atoms with van der Waals surface area (Å²) in [6, 6.07) is 1.75. The van der Waals surface area contributed by atoms with Crippen LogP contribution in [0.1, 0.15) is 28.0 Å². The van der Waals surface area contributed by atoms with E-state index in [2.05, 4.69) is 15.0 Å². The molecule has 2 heterocycles. The Kier molecular flexibility index (Phi) is 8.06. The number of aromatic nitrogens is 2. The van der Waals surface area contributed by atoms with Gasteiger partial charge in [0.25, 0.3) is 5.91 Å². The molecule has 0 spiro atoms. The van der Waals surface area contributed by atoms with Crippen molar-refractivity contribution in [2.45, 2.75) is 26.8 Å². The van der Waals surface area contributed by atoms with Crippen LogP contribution in [-0.4, -0.2) is 52.5 Å². The van der Waals surface area contributed by atoms with E-state index >= 15 is 0 Å². The summed E-state index contributed by atoms with van der Waals surface area (Å²) in [7, 11) is 1.37. The Morgan fingerprint density at radius 2 is 2.14 bits per heavy atom. The maximum Gasteiger partial charge on any atom is 0.315 e. The third-order valence-corrected chi connectivity index (χ3v) is 5.90. The van der Waals surface area contributed by atoms with Crippen LogP contribution in [0.25, 0.3) is 11.4 Å². The fourth-order valence-corrected chi connectivity index (χ4v) is 4.34. The van der Waals surface area contributed by atoms with Gasteiger partial charge in [-0.05, 0) is 13.0 Å². The zero-order valence-electron chi connectivity index (χ0n) is 16.1. The molecular formula is C18H24N4O4S2. The maximum atomic E-state index is 11.7. The number of methoxy groups -OCH3 is 1. The minimum Gasteiger partial charge on any atom is -0.468 e. The van der Waals surface area contributed by atoms with Crippen molar-refractivity contribution in [3.63, 3.8) is 0 Å². The van der Waals surface area contributed by atoms with E-state index in [1.54, 1.807) is 6.07 Å². The topological polar surface area (TPSA) is 116 Å². The molecule has 0 fully saturated rings. The third-order valence-electron chi connectivity index (χ3n) is 4.06. The first-order valence-electron chi connectivity index (χ1n) is 8.67. The van der Waals surface area contributed by atoms with Crippen molar-refractivity contribution in [3.8, 4) is 11.4 Å². The van der Waals surface area contributed by atoms with Crippen LogP contribution in [0.3, 0.4) is 0 Å². The largest absolute Gasteiger partial charge is 0.468 e. The van der Waals surface area contributed by atoms with E-state index in [4.69, 9.17) is 5.73 Å². The number of hydrogen-bond acceptors (Lipinski definition) is 7. The molecule has 0 atom stereocenters. The van der Waals surface area contributed by atoms with Crippen LogP contribution in [0.4, 0.5) is 0 Å². The molecule has 0 unspecified atom stereocenters. The molecule has 0 aliphatic rings. The SMILES string of the molecule is COC(=O)CSCCc1nc(-c2cc(C(N)=O)c(C)n2CCNC(C)=O)cs1. The van der Waals surface area contributed by atoms with Gasteiger partial charge >= 0.3 is 5.97 Å². The van der Waals surface area contributed by atoms with Crippen LogP contribution in [0.2, 0.25) is 0 Å². The summed E-state index contributed by atoms with van der Waals surface area (Å²) < 4.78 is 6.56. The summed E-state index contributed by atoms with van der Waals surface area (Å²) in [5.74, 6) is 0.240. The van der Waals surface area contributed by atoms with Crippen LogP contribution in [0, 0.1) is 6.92 Å². The second-order valence-electron chi connectivity index (χ2n) is 6.03. The van der Waals surface area contributed by atoms with Crippen molar-refractivity contribution in [1.29, 1.82) is 0 Å². The highest BCUT2D eigenvalue weighted by molar-refractivity contribution is 7.99. The Morgan fingerprint density at radius 1 is 1.39 bits per heavy atom. The van der Waals surface area contributed by atoms with E-state index in [9.17, 15) is 14.4 Å². The molecule has 2 aromatic rings. The number of ether oxygens (including phenoxy) is 1. The van der Waals surface area contributed by atoms with Gasteiger partial charge in [0.1, 0.15) is 0 Å². The zero-order chi connectivity index (χ0) is 20.7. The van der Waals surface area contributed by atoms with Gasteiger partial charge in [-0.3, -0.25) is 14.4 Å². The molecule has 0 radical (unpaired) electrons. The standard InChI is InChI=1S/C18H24N4O4S2/c1-11-13(18(19)25)8-15(22(11)6-5-20-12(2)23)14-9-28-16(21-14)4-7-27-10-17(24)26-3/h8-9H,4-7,10H2,1-3H3,(H2,19,25)(H,20,23). The summed E-state index contributed by atoms with van der Waals surface area (Å²) in [5.41, 5.74) is 8.24. The number of aryl methyl sites for hydroxylation is 1. The van der Waals surface area contributed by atoms with Crippen LogP contribution < -0.4 is 11.1 Å². The van der Waals surface area contributed by atoms with Crippen molar-refractivity contribution in [3.05, 3.63) is 27.7 Å². The molecule has 10 heteroatoms. The highest BCUT2D eigenvalue weighted by Gasteiger charge is 2.18. The lowest BCUT2D eigenvalue weighted by atomic mass is 10.2. The molecule has 0 saturated carbocycles. The van der Waals surface area contributed by atoms with Gasteiger partial charge in [0, 0.05) is 43.3 Å². The molecule has 2 amide bonds. The Bertz CT molecular complexity index is 860. The summed E-state index contributed by atoms with van der Waals surface area (Å²) in [4.78, 5) is 38.7. The van der Waals surface area contributed by atoms with Crippen molar-refractivity contribution in [2.75, 3.05) is 25.2 Å². The van der Waals surface area contributed by atoms with Crippen molar-refractivity contribution in [1.82, 2.24) is 14.9 Å². The van der Waals surface area contributed by atoms with E-state index in [-0.39, 0.29) is 11.9 Å². The highest BCUT2D eigenvalue weighted by atomic mass is 32.2. The smallest absolute Gasteiger partial charge is 0.315 e. The fraction of sp³-hybridized carbons (Fsp3) is 0.444. The molecule has 0 saturated heterocycles. The number of thiazole rings is 1. The van der Waals surface area contributed by atoms with Gasteiger partial charge in [0.05, 0.1) is 34.8 Å². The lowest BCUT2D eigenvalue weighted by molar-refractivity contribution is -0.137. The van der Waals surface area contributed by atoms with Gasteiger partial charge in [-0.15, -0.1) is 23.1 Å². The van der Waals surface area contributed by atoms with Gasteiger partial charge in [0.15, 0.2) is 0 Å². The van der Waals surface area contributed by atoms with Crippen LogP contribution in [-0.2, 0) is 27.3 Å². The van der Waals surface area contributed by atoms with Crippen LogP contribution in [0.5, 0.6) is 0 Å². The summed E-state index contributed by atoms with van der Waals surface area (Å²) in [6.07, 6.45) is 0.737. The minimum absolute atomic E-state index is 0.109. The third kappa shape index (κ3) is 5.83. The normalized spacial score (nSPS) is 10.7.